The molecule has 2 aromatic carbocycles. The SMILES string of the molecule is COC(=O)c1ccc(CN2C(=O)NC(=Cc3ccccc3OC(=O)c3ccc(OC)cc3)C2=O)o1. The number of hydrogen-bond donors (Lipinski definition) is 1. The number of furan rings is 1. The monoisotopic (exact) mass is 476 g/mol. The smallest absolute Gasteiger partial charge is 0.373 e. The van der Waals surface area contributed by atoms with Gasteiger partial charge < -0.3 is 23.9 Å². The van der Waals surface area contributed by atoms with Crippen LogP contribution >= 0.6 is 0 Å². The van der Waals surface area contributed by atoms with Crippen LogP contribution in [0.15, 0.2) is 70.8 Å². The van der Waals surface area contributed by atoms with E-state index in [1.54, 1.807) is 48.5 Å². The van der Waals surface area contributed by atoms with E-state index < -0.39 is 23.9 Å². The molecule has 0 atom stereocenters. The summed E-state index contributed by atoms with van der Waals surface area (Å²) >= 11 is 0. The van der Waals surface area contributed by atoms with Gasteiger partial charge in [-0.1, -0.05) is 18.2 Å². The lowest BCUT2D eigenvalue weighted by molar-refractivity contribution is -0.123. The van der Waals surface area contributed by atoms with E-state index in [4.69, 9.17) is 13.9 Å². The molecule has 0 saturated carbocycles. The van der Waals surface area contributed by atoms with Gasteiger partial charge in [-0.25, -0.2) is 14.4 Å². The molecule has 1 aliphatic heterocycles. The van der Waals surface area contributed by atoms with E-state index in [1.807, 2.05) is 0 Å². The second-order valence-corrected chi connectivity index (χ2v) is 7.29. The molecule has 0 unspecified atom stereocenters. The van der Waals surface area contributed by atoms with Gasteiger partial charge in [0.1, 0.15) is 23.0 Å². The van der Waals surface area contributed by atoms with Crippen LogP contribution in [0.3, 0.4) is 0 Å². The third kappa shape index (κ3) is 5.06. The molecule has 1 N–H and O–H groups in total. The summed E-state index contributed by atoms with van der Waals surface area (Å²) in [5.41, 5.74) is 0.711. The highest BCUT2D eigenvalue weighted by atomic mass is 16.5. The zero-order valence-corrected chi connectivity index (χ0v) is 18.8. The van der Waals surface area contributed by atoms with Gasteiger partial charge >= 0.3 is 18.0 Å². The third-order valence-corrected chi connectivity index (χ3v) is 5.07. The van der Waals surface area contributed by atoms with E-state index in [2.05, 4.69) is 10.1 Å². The zero-order chi connectivity index (χ0) is 24.9. The fourth-order valence-electron chi connectivity index (χ4n) is 3.28. The Hall–Kier alpha value is -4.86. The van der Waals surface area contributed by atoms with Crippen molar-refractivity contribution < 1.29 is 37.8 Å². The van der Waals surface area contributed by atoms with Crippen LogP contribution in [0.2, 0.25) is 0 Å². The molecule has 3 aromatic rings. The summed E-state index contributed by atoms with van der Waals surface area (Å²) in [6.07, 6.45) is 1.42. The van der Waals surface area contributed by atoms with E-state index in [-0.39, 0.29) is 29.5 Å². The number of imide groups is 1. The van der Waals surface area contributed by atoms with Crippen molar-refractivity contribution >= 4 is 30.0 Å². The van der Waals surface area contributed by atoms with Crippen molar-refractivity contribution in [2.45, 2.75) is 6.54 Å². The molecule has 4 rings (SSSR count). The maximum atomic E-state index is 12.9. The van der Waals surface area contributed by atoms with Crippen LogP contribution in [0.5, 0.6) is 11.5 Å². The predicted octanol–water partition coefficient (Wildman–Crippen LogP) is 3.39. The molecule has 10 heteroatoms. The number of rotatable bonds is 7. The summed E-state index contributed by atoms with van der Waals surface area (Å²) < 4.78 is 20.5. The lowest BCUT2D eigenvalue weighted by Gasteiger charge is -2.09. The number of urea groups is 1. The first-order valence-corrected chi connectivity index (χ1v) is 10.4. The average molecular weight is 476 g/mol. The Morgan fingerprint density at radius 2 is 1.71 bits per heavy atom. The quantitative estimate of drug-likeness (QED) is 0.238. The molecule has 3 amide bonds. The fourth-order valence-corrected chi connectivity index (χ4v) is 3.28. The van der Waals surface area contributed by atoms with Gasteiger partial charge in [0.15, 0.2) is 0 Å². The standard InChI is InChI=1S/C25H20N2O8/c1-32-17-9-7-15(8-10-17)23(29)35-20-6-4-3-5-16(20)13-19-22(28)27(25(31)26-19)14-18-11-12-21(34-18)24(30)33-2/h3-13H,14H2,1-2H3,(H,26,31). The van der Waals surface area contributed by atoms with Crippen LogP contribution in [0.4, 0.5) is 4.79 Å². The highest BCUT2D eigenvalue weighted by molar-refractivity contribution is 6.14. The van der Waals surface area contributed by atoms with Crippen molar-refractivity contribution in [3.63, 3.8) is 0 Å². The molecule has 0 spiro atoms. The van der Waals surface area contributed by atoms with Crippen molar-refractivity contribution in [3.05, 3.63) is 89.0 Å². The highest BCUT2D eigenvalue weighted by Crippen LogP contribution is 2.25. The molecular formula is C25H20N2O8. The number of para-hydroxylation sites is 1. The summed E-state index contributed by atoms with van der Waals surface area (Å²) in [6.45, 7) is -0.187. The number of hydrogen-bond acceptors (Lipinski definition) is 8. The molecule has 10 nitrogen and oxygen atoms in total. The van der Waals surface area contributed by atoms with Gasteiger partial charge in [0.05, 0.1) is 26.3 Å². The fraction of sp³-hybridized carbons (Fsp3) is 0.120. The molecule has 0 radical (unpaired) electrons. The van der Waals surface area contributed by atoms with Gasteiger partial charge in [0, 0.05) is 5.56 Å². The van der Waals surface area contributed by atoms with Gasteiger partial charge in [-0.05, 0) is 48.5 Å². The van der Waals surface area contributed by atoms with Gasteiger partial charge in [-0.15, -0.1) is 0 Å². The maximum Gasteiger partial charge on any atom is 0.373 e. The zero-order valence-electron chi connectivity index (χ0n) is 18.8. The Balaban J connectivity index is 1.51. The Morgan fingerprint density at radius 3 is 2.43 bits per heavy atom. The largest absolute Gasteiger partial charge is 0.497 e. The lowest BCUT2D eigenvalue weighted by Crippen LogP contribution is -2.30. The van der Waals surface area contributed by atoms with Crippen LogP contribution in [-0.2, 0) is 16.1 Å². The first-order chi connectivity index (χ1) is 16.9. The molecule has 1 saturated heterocycles. The number of carbonyl (C=O) groups is 4. The van der Waals surface area contributed by atoms with Crippen LogP contribution in [0.1, 0.15) is 32.2 Å². The van der Waals surface area contributed by atoms with Gasteiger partial charge in [-0.2, -0.15) is 0 Å². The van der Waals surface area contributed by atoms with Crippen molar-refractivity contribution in [3.8, 4) is 11.5 Å². The molecule has 2 heterocycles. The van der Waals surface area contributed by atoms with E-state index in [0.29, 0.717) is 16.9 Å². The molecule has 1 aromatic heterocycles. The second-order valence-electron chi connectivity index (χ2n) is 7.29. The summed E-state index contributed by atoms with van der Waals surface area (Å²) in [4.78, 5) is 50.3. The number of nitrogens with one attached hydrogen (secondary N) is 1. The molecule has 1 aliphatic rings. The summed E-state index contributed by atoms with van der Waals surface area (Å²) in [6, 6.07) is 15.2. The Bertz CT molecular complexity index is 1320. The summed E-state index contributed by atoms with van der Waals surface area (Å²) in [5, 5.41) is 2.50. The second kappa shape index (κ2) is 9.96. The number of esters is 2. The predicted molar refractivity (Wildman–Crippen MR) is 122 cm³/mol. The topological polar surface area (TPSA) is 124 Å². The number of ether oxygens (including phenoxy) is 3. The van der Waals surface area contributed by atoms with Gasteiger partial charge in [0.25, 0.3) is 5.91 Å². The van der Waals surface area contributed by atoms with Gasteiger partial charge in [0.2, 0.25) is 5.76 Å². The lowest BCUT2D eigenvalue weighted by atomic mass is 10.1. The van der Waals surface area contributed by atoms with Crippen LogP contribution in [0, 0.1) is 0 Å². The average Bonchev–Trinajstić information content (AvgIpc) is 3.45. The van der Waals surface area contributed by atoms with Crippen molar-refractivity contribution in [1.82, 2.24) is 10.2 Å². The van der Waals surface area contributed by atoms with Crippen molar-refractivity contribution in [2.75, 3.05) is 14.2 Å². The minimum atomic E-state index is -0.671. The third-order valence-electron chi connectivity index (χ3n) is 5.07. The minimum absolute atomic E-state index is 0.0114. The summed E-state index contributed by atoms with van der Waals surface area (Å²) in [7, 11) is 2.74. The van der Waals surface area contributed by atoms with Crippen molar-refractivity contribution in [2.24, 2.45) is 0 Å². The number of nitrogens with zero attached hydrogens (tertiary/aromatic N) is 1. The van der Waals surface area contributed by atoms with Crippen LogP contribution in [-0.4, -0.2) is 43.0 Å². The molecule has 0 bridgehead atoms. The molecule has 178 valence electrons. The highest BCUT2D eigenvalue weighted by Gasteiger charge is 2.34. The first kappa shape index (κ1) is 23.3. The number of carbonyl (C=O) groups excluding carboxylic acids is 4. The normalized spacial score (nSPS) is 14.1. The molecule has 0 aliphatic carbocycles. The minimum Gasteiger partial charge on any atom is -0.497 e. The number of benzene rings is 2. The Labute approximate surface area is 199 Å². The molecule has 35 heavy (non-hydrogen) atoms. The summed E-state index contributed by atoms with van der Waals surface area (Å²) in [5.74, 6) is -0.891. The van der Waals surface area contributed by atoms with Crippen molar-refractivity contribution in [1.29, 1.82) is 0 Å². The van der Waals surface area contributed by atoms with Crippen LogP contribution in [0.25, 0.3) is 6.08 Å². The van der Waals surface area contributed by atoms with E-state index in [0.717, 1.165) is 4.90 Å². The van der Waals surface area contributed by atoms with E-state index >= 15 is 0 Å². The molecular weight excluding hydrogens is 456 g/mol. The first-order valence-electron chi connectivity index (χ1n) is 10.4. The molecule has 1 fully saturated rings. The maximum absolute atomic E-state index is 12.9. The number of amides is 3. The van der Waals surface area contributed by atoms with E-state index in [1.165, 1.54) is 32.4 Å². The van der Waals surface area contributed by atoms with E-state index in [9.17, 15) is 19.2 Å². The Morgan fingerprint density at radius 1 is 0.971 bits per heavy atom. The number of methoxy groups -OCH3 is 2. The Kier molecular flexibility index (Phi) is 6.63. The van der Waals surface area contributed by atoms with Gasteiger partial charge in [-0.3, -0.25) is 9.69 Å². The van der Waals surface area contributed by atoms with Crippen LogP contribution < -0.4 is 14.8 Å².